The minimum absolute atomic E-state index is 0.0210. The third-order valence-corrected chi connectivity index (χ3v) is 6.40. The van der Waals surface area contributed by atoms with Crippen LogP contribution in [-0.2, 0) is 17.8 Å². The highest BCUT2D eigenvalue weighted by Crippen LogP contribution is 2.29. The molecular weight excluding hydrogens is 528 g/mol. The number of aliphatic carboxylic acids is 1. The number of benzene rings is 3. The smallest absolute Gasteiger partial charge is 0.326 e. The van der Waals surface area contributed by atoms with Gasteiger partial charge in [0.15, 0.2) is 0 Å². The molecule has 1 aromatic heterocycles. The van der Waals surface area contributed by atoms with Crippen LogP contribution in [0.5, 0.6) is 0 Å². The fourth-order valence-corrected chi connectivity index (χ4v) is 4.35. The van der Waals surface area contributed by atoms with Crippen LogP contribution in [0.3, 0.4) is 0 Å². The summed E-state index contributed by atoms with van der Waals surface area (Å²) in [5.74, 6) is -1.75. The topological polar surface area (TPSA) is 70.8 Å². The SMILES string of the molecule is O=C(O)[C@H](Cc1ccccc1)N(Cc1ccc(-c2ccc(Cl)c(F)c2)o1)C(=O)c1ccc(Cl)cc1Cl. The van der Waals surface area contributed by atoms with Gasteiger partial charge < -0.3 is 14.4 Å². The molecule has 0 aliphatic rings. The highest BCUT2D eigenvalue weighted by Gasteiger charge is 2.32. The molecular formula is C27H19Cl3FNO4. The largest absolute Gasteiger partial charge is 0.480 e. The molecule has 5 nitrogen and oxygen atoms in total. The second-order valence-corrected chi connectivity index (χ2v) is 9.25. The summed E-state index contributed by atoms with van der Waals surface area (Å²) < 4.78 is 19.8. The molecule has 0 fully saturated rings. The molecule has 4 aromatic rings. The van der Waals surface area contributed by atoms with Crippen molar-refractivity contribution in [1.82, 2.24) is 4.90 Å². The first-order valence-electron chi connectivity index (χ1n) is 10.8. The molecule has 1 N–H and O–H groups in total. The van der Waals surface area contributed by atoms with E-state index in [2.05, 4.69) is 0 Å². The molecule has 0 aliphatic carbocycles. The minimum atomic E-state index is -1.23. The normalized spacial score (nSPS) is 11.8. The molecule has 36 heavy (non-hydrogen) atoms. The molecule has 0 unspecified atom stereocenters. The van der Waals surface area contributed by atoms with Crippen LogP contribution in [0.25, 0.3) is 11.3 Å². The fourth-order valence-electron chi connectivity index (χ4n) is 3.74. The molecule has 1 atom stereocenters. The van der Waals surface area contributed by atoms with Gasteiger partial charge in [-0.3, -0.25) is 4.79 Å². The minimum Gasteiger partial charge on any atom is -0.480 e. The molecule has 4 rings (SSSR count). The summed E-state index contributed by atoms with van der Waals surface area (Å²) in [6, 6.07) is 19.6. The van der Waals surface area contributed by atoms with Crippen molar-refractivity contribution in [3.05, 3.63) is 117 Å². The first-order chi connectivity index (χ1) is 17.2. The quantitative estimate of drug-likeness (QED) is 0.250. The summed E-state index contributed by atoms with van der Waals surface area (Å²) in [5.41, 5.74) is 1.29. The van der Waals surface area contributed by atoms with Gasteiger partial charge in [0.05, 0.1) is 22.2 Å². The van der Waals surface area contributed by atoms with Gasteiger partial charge >= 0.3 is 5.97 Å². The van der Waals surface area contributed by atoms with E-state index in [1.165, 1.54) is 35.2 Å². The van der Waals surface area contributed by atoms with Gasteiger partial charge in [-0.25, -0.2) is 9.18 Å². The van der Waals surface area contributed by atoms with Gasteiger partial charge in [0.25, 0.3) is 5.91 Å². The van der Waals surface area contributed by atoms with E-state index in [0.29, 0.717) is 22.1 Å². The average molecular weight is 547 g/mol. The maximum Gasteiger partial charge on any atom is 0.326 e. The van der Waals surface area contributed by atoms with Crippen LogP contribution in [0.1, 0.15) is 21.7 Å². The van der Waals surface area contributed by atoms with E-state index in [-0.39, 0.29) is 28.6 Å². The summed E-state index contributed by atoms with van der Waals surface area (Å²) in [5, 5.41) is 10.5. The number of hydrogen-bond donors (Lipinski definition) is 1. The van der Waals surface area contributed by atoms with Crippen molar-refractivity contribution < 1.29 is 23.5 Å². The Hall–Kier alpha value is -3.32. The number of furan rings is 1. The highest BCUT2D eigenvalue weighted by atomic mass is 35.5. The molecule has 1 amide bonds. The fraction of sp³-hybridized carbons (Fsp3) is 0.111. The van der Waals surface area contributed by atoms with E-state index in [4.69, 9.17) is 39.2 Å². The number of halogens is 4. The first kappa shape index (κ1) is 25.8. The Labute approximate surface area is 221 Å². The summed E-state index contributed by atoms with van der Waals surface area (Å²) in [4.78, 5) is 27.2. The molecule has 1 heterocycles. The van der Waals surface area contributed by atoms with E-state index in [1.807, 2.05) is 6.07 Å². The Morgan fingerprint density at radius 2 is 1.67 bits per heavy atom. The van der Waals surface area contributed by atoms with Crippen molar-refractivity contribution >= 4 is 46.7 Å². The second kappa shape index (κ2) is 11.2. The predicted octanol–water partition coefficient (Wildman–Crippen LogP) is 7.38. The zero-order valence-corrected chi connectivity index (χ0v) is 20.9. The summed E-state index contributed by atoms with van der Waals surface area (Å²) in [6.45, 7) is -0.169. The number of hydrogen-bond acceptors (Lipinski definition) is 3. The molecule has 0 saturated carbocycles. The number of carbonyl (C=O) groups is 2. The summed E-state index contributed by atoms with van der Waals surface area (Å²) in [6.07, 6.45) is 0.0586. The Morgan fingerprint density at radius 1 is 0.917 bits per heavy atom. The van der Waals surface area contributed by atoms with E-state index in [1.54, 1.807) is 42.5 Å². The van der Waals surface area contributed by atoms with Crippen molar-refractivity contribution in [2.45, 2.75) is 19.0 Å². The van der Waals surface area contributed by atoms with Gasteiger partial charge in [-0.05, 0) is 54.1 Å². The lowest BCUT2D eigenvalue weighted by Crippen LogP contribution is -2.46. The molecule has 184 valence electrons. The Morgan fingerprint density at radius 3 is 2.33 bits per heavy atom. The first-order valence-corrected chi connectivity index (χ1v) is 11.9. The molecule has 0 bridgehead atoms. The van der Waals surface area contributed by atoms with Crippen molar-refractivity contribution in [3.63, 3.8) is 0 Å². The lowest BCUT2D eigenvalue weighted by molar-refractivity contribution is -0.142. The lowest BCUT2D eigenvalue weighted by atomic mass is 10.0. The average Bonchev–Trinajstić information content (AvgIpc) is 3.32. The van der Waals surface area contributed by atoms with Crippen LogP contribution in [0.15, 0.2) is 83.3 Å². The van der Waals surface area contributed by atoms with E-state index >= 15 is 0 Å². The number of amides is 1. The summed E-state index contributed by atoms with van der Waals surface area (Å²) in [7, 11) is 0. The van der Waals surface area contributed by atoms with Crippen LogP contribution >= 0.6 is 34.8 Å². The van der Waals surface area contributed by atoms with Gasteiger partial charge in [-0.1, -0.05) is 65.1 Å². The Bertz CT molecular complexity index is 1410. The van der Waals surface area contributed by atoms with Crippen LogP contribution in [0.4, 0.5) is 4.39 Å². The van der Waals surface area contributed by atoms with Gasteiger partial charge in [0, 0.05) is 17.0 Å². The van der Waals surface area contributed by atoms with Gasteiger partial charge in [0.1, 0.15) is 23.4 Å². The molecule has 0 spiro atoms. The number of rotatable bonds is 8. The van der Waals surface area contributed by atoms with Crippen LogP contribution in [0.2, 0.25) is 15.1 Å². The second-order valence-electron chi connectivity index (χ2n) is 8.00. The Balaban J connectivity index is 1.70. The predicted molar refractivity (Wildman–Crippen MR) is 137 cm³/mol. The van der Waals surface area contributed by atoms with E-state index in [9.17, 15) is 19.1 Å². The lowest BCUT2D eigenvalue weighted by Gasteiger charge is -2.29. The van der Waals surface area contributed by atoms with Crippen LogP contribution in [0, 0.1) is 5.82 Å². The molecule has 3 aromatic carbocycles. The van der Waals surface area contributed by atoms with E-state index in [0.717, 1.165) is 5.56 Å². The van der Waals surface area contributed by atoms with Gasteiger partial charge in [0.2, 0.25) is 0 Å². The van der Waals surface area contributed by atoms with E-state index < -0.39 is 23.7 Å². The molecule has 0 saturated heterocycles. The number of carboxylic acids is 1. The third kappa shape index (κ3) is 5.90. The number of nitrogens with zero attached hydrogens (tertiary/aromatic N) is 1. The van der Waals surface area contributed by atoms with Crippen molar-refractivity contribution in [2.24, 2.45) is 0 Å². The number of carbonyl (C=O) groups excluding carboxylic acids is 1. The highest BCUT2D eigenvalue weighted by molar-refractivity contribution is 6.36. The summed E-state index contributed by atoms with van der Waals surface area (Å²) >= 11 is 18.0. The number of carboxylic acid groups (broad SMARTS) is 1. The van der Waals surface area contributed by atoms with Crippen molar-refractivity contribution in [1.29, 1.82) is 0 Å². The third-order valence-electron chi connectivity index (χ3n) is 5.55. The zero-order chi connectivity index (χ0) is 25.8. The standard InChI is InChI=1S/C27H19Cl3FNO4/c28-18-7-9-20(22(30)14-18)26(33)32(24(27(34)35)12-16-4-2-1-3-5-16)15-19-8-11-25(36-19)17-6-10-21(29)23(31)13-17/h1-11,13-14,24H,12,15H2,(H,34,35)/t24-/m0/s1. The molecule has 0 aliphatic heterocycles. The zero-order valence-electron chi connectivity index (χ0n) is 18.6. The molecule has 0 radical (unpaired) electrons. The maximum atomic E-state index is 13.9. The van der Waals surface area contributed by atoms with Gasteiger partial charge in [-0.15, -0.1) is 0 Å². The van der Waals surface area contributed by atoms with Crippen molar-refractivity contribution in [2.75, 3.05) is 0 Å². The van der Waals surface area contributed by atoms with Gasteiger partial charge in [-0.2, -0.15) is 0 Å². The maximum absolute atomic E-state index is 13.9. The molecule has 9 heteroatoms. The van der Waals surface area contributed by atoms with Crippen LogP contribution < -0.4 is 0 Å². The monoisotopic (exact) mass is 545 g/mol. The Kier molecular flexibility index (Phi) is 7.99. The van der Waals surface area contributed by atoms with Crippen LogP contribution in [-0.4, -0.2) is 27.9 Å². The van der Waals surface area contributed by atoms with Crippen molar-refractivity contribution in [3.8, 4) is 11.3 Å².